The van der Waals surface area contributed by atoms with Gasteiger partial charge in [0.05, 0.1) is 0 Å². The van der Waals surface area contributed by atoms with Crippen LogP contribution in [-0.2, 0) is 0 Å². The topological polar surface area (TPSA) is 14.1 Å². The Hall–Kier alpha value is 0.557. The Kier molecular flexibility index (Phi) is 11.7. The molecule has 50 valence electrons. The Morgan fingerprint density at radius 2 is 1.89 bits per heavy atom. The van der Waals surface area contributed by atoms with Gasteiger partial charge in [-0.05, 0) is 0 Å². The van der Waals surface area contributed by atoms with Crippen LogP contribution in [0.15, 0.2) is 0 Å². The standard InChI is InChI=1S/C7H16N.Li/c1-4-5-6-8-7(2)3;/h7H,4-6H2,1-3H3;/q-1;+1. The predicted molar refractivity (Wildman–Crippen MR) is 38.3 cm³/mol. The smallest absolute Gasteiger partial charge is 0.660 e. The van der Waals surface area contributed by atoms with E-state index >= 15 is 0 Å². The molecule has 0 aromatic heterocycles. The van der Waals surface area contributed by atoms with Gasteiger partial charge in [0.15, 0.2) is 0 Å². The van der Waals surface area contributed by atoms with Gasteiger partial charge in [-0.2, -0.15) is 0 Å². The van der Waals surface area contributed by atoms with Gasteiger partial charge in [0.25, 0.3) is 0 Å². The van der Waals surface area contributed by atoms with Gasteiger partial charge >= 0.3 is 18.9 Å². The van der Waals surface area contributed by atoms with Crippen LogP contribution in [0.3, 0.4) is 0 Å². The van der Waals surface area contributed by atoms with Crippen LogP contribution in [0.5, 0.6) is 0 Å². The van der Waals surface area contributed by atoms with E-state index in [-0.39, 0.29) is 18.9 Å². The van der Waals surface area contributed by atoms with Crippen LogP contribution in [0.25, 0.3) is 5.32 Å². The molecule has 0 atom stereocenters. The summed E-state index contributed by atoms with van der Waals surface area (Å²) in [7, 11) is 0. The van der Waals surface area contributed by atoms with Crippen molar-refractivity contribution in [2.24, 2.45) is 0 Å². The molecule has 0 radical (unpaired) electrons. The van der Waals surface area contributed by atoms with E-state index < -0.39 is 0 Å². The molecule has 0 aromatic rings. The average Bonchev–Trinajstić information content (AvgIpc) is 1.66. The van der Waals surface area contributed by atoms with Gasteiger partial charge < -0.3 is 5.32 Å². The van der Waals surface area contributed by atoms with Crippen molar-refractivity contribution in [3.05, 3.63) is 5.32 Å². The zero-order valence-electron chi connectivity index (χ0n) is 7.15. The summed E-state index contributed by atoms with van der Waals surface area (Å²) in [5.41, 5.74) is 0. The first-order valence-corrected chi connectivity index (χ1v) is 3.44. The van der Waals surface area contributed by atoms with Gasteiger partial charge in [0, 0.05) is 0 Å². The summed E-state index contributed by atoms with van der Waals surface area (Å²) in [4.78, 5) is 0. The second-order valence-electron chi connectivity index (χ2n) is 2.35. The zero-order valence-corrected chi connectivity index (χ0v) is 7.15. The second-order valence-corrected chi connectivity index (χ2v) is 2.35. The molecular weight excluding hydrogens is 105 g/mol. The SMILES string of the molecule is CCCC[N-]C(C)C.[Li+]. The Balaban J connectivity index is 0. The van der Waals surface area contributed by atoms with Crippen LogP contribution in [0.1, 0.15) is 33.6 Å². The molecule has 1 nitrogen and oxygen atoms in total. The number of hydrogen-bond acceptors (Lipinski definition) is 0. The summed E-state index contributed by atoms with van der Waals surface area (Å²) in [6, 6.07) is 0.529. The van der Waals surface area contributed by atoms with Gasteiger partial charge in [-0.15, -0.1) is 12.6 Å². The Morgan fingerprint density at radius 1 is 1.33 bits per heavy atom. The zero-order chi connectivity index (χ0) is 6.41. The monoisotopic (exact) mass is 121 g/mol. The molecule has 0 fully saturated rings. The predicted octanol–water partition coefficient (Wildman–Crippen LogP) is -0.427. The van der Waals surface area contributed by atoms with Crippen molar-refractivity contribution in [1.82, 2.24) is 0 Å². The van der Waals surface area contributed by atoms with Gasteiger partial charge in [-0.1, -0.05) is 33.6 Å². The van der Waals surface area contributed by atoms with Crippen LogP contribution in [0, 0.1) is 0 Å². The van der Waals surface area contributed by atoms with Gasteiger partial charge in [0.1, 0.15) is 0 Å². The molecule has 0 N–H and O–H groups in total. The Labute approximate surface area is 70.8 Å². The first-order valence-electron chi connectivity index (χ1n) is 3.44. The van der Waals surface area contributed by atoms with Crippen LogP contribution in [-0.4, -0.2) is 12.6 Å². The average molecular weight is 121 g/mol. The van der Waals surface area contributed by atoms with Crippen molar-refractivity contribution in [2.45, 2.75) is 39.7 Å². The van der Waals surface area contributed by atoms with Crippen molar-refractivity contribution >= 4 is 0 Å². The number of unbranched alkanes of at least 4 members (excludes halogenated alkanes) is 1. The molecule has 0 heterocycles. The molecule has 0 aromatic carbocycles. The largest absolute Gasteiger partial charge is 1.00 e. The maximum absolute atomic E-state index is 4.31. The molecule has 0 aliphatic heterocycles. The van der Waals surface area contributed by atoms with Crippen molar-refractivity contribution < 1.29 is 18.9 Å². The quantitative estimate of drug-likeness (QED) is 0.354. The second kappa shape index (κ2) is 8.56. The normalized spacial score (nSPS) is 9.33. The minimum atomic E-state index is 0. The van der Waals surface area contributed by atoms with Gasteiger partial charge in [-0.3, -0.25) is 0 Å². The summed E-state index contributed by atoms with van der Waals surface area (Å²) in [6.07, 6.45) is 2.51. The maximum atomic E-state index is 4.31. The van der Waals surface area contributed by atoms with E-state index in [1.165, 1.54) is 12.8 Å². The third-order valence-electron chi connectivity index (χ3n) is 1.01. The van der Waals surface area contributed by atoms with E-state index in [4.69, 9.17) is 0 Å². The molecule has 0 spiro atoms. The van der Waals surface area contributed by atoms with Crippen molar-refractivity contribution in [3.8, 4) is 0 Å². The summed E-state index contributed by atoms with van der Waals surface area (Å²) in [6.45, 7) is 7.48. The third kappa shape index (κ3) is 11.9. The number of rotatable bonds is 4. The van der Waals surface area contributed by atoms with Crippen molar-refractivity contribution in [1.29, 1.82) is 0 Å². The summed E-state index contributed by atoms with van der Waals surface area (Å²) >= 11 is 0. The molecule has 0 unspecified atom stereocenters. The fourth-order valence-electron chi connectivity index (χ4n) is 0.508. The number of nitrogens with zero attached hydrogens (tertiary/aromatic N) is 1. The minimum Gasteiger partial charge on any atom is -0.660 e. The van der Waals surface area contributed by atoms with E-state index in [0.717, 1.165) is 6.54 Å². The molecule has 0 rings (SSSR count). The first kappa shape index (κ1) is 12.3. The van der Waals surface area contributed by atoms with E-state index in [1.54, 1.807) is 0 Å². The van der Waals surface area contributed by atoms with E-state index in [2.05, 4.69) is 26.1 Å². The van der Waals surface area contributed by atoms with Crippen LogP contribution in [0.2, 0.25) is 0 Å². The molecule has 0 saturated heterocycles. The molecule has 9 heavy (non-hydrogen) atoms. The van der Waals surface area contributed by atoms with E-state index in [0.29, 0.717) is 6.04 Å². The number of hydrogen-bond donors (Lipinski definition) is 0. The summed E-state index contributed by atoms with van der Waals surface area (Å²) < 4.78 is 0. The minimum absolute atomic E-state index is 0. The molecular formula is C7H16LiN. The van der Waals surface area contributed by atoms with Crippen LogP contribution >= 0.6 is 0 Å². The van der Waals surface area contributed by atoms with Crippen LogP contribution in [0.4, 0.5) is 0 Å². The van der Waals surface area contributed by atoms with Gasteiger partial charge in [0.2, 0.25) is 0 Å². The fraction of sp³-hybridized carbons (Fsp3) is 1.00. The molecule has 2 heteroatoms. The molecule has 0 aliphatic carbocycles. The Morgan fingerprint density at radius 3 is 2.22 bits per heavy atom. The molecule has 0 saturated carbocycles. The fourth-order valence-corrected chi connectivity index (χ4v) is 0.508. The van der Waals surface area contributed by atoms with Crippen LogP contribution < -0.4 is 18.9 Å². The third-order valence-corrected chi connectivity index (χ3v) is 1.01. The first-order chi connectivity index (χ1) is 3.77. The van der Waals surface area contributed by atoms with Crippen molar-refractivity contribution in [3.63, 3.8) is 0 Å². The summed E-state index contributed by atoms with van der Waals surface area (Å²) in [5.74, 6) is 0. The molecule has 0 bridgehead atoms. The van der Waals surface area contributed by atoms with E-state index in [1.807, 2.05) is 0 Å². The van der Waals surface area contributed by atoms with Gasteiger partial charge in [-0.25, -0.2) is 0 Å². The van der Waals surface area contributed by atoms with Crippen molar-refractivity contribution in [2.75, 3.05) is 6.54 Å². The summed E-state index contributed by atoms with van der Waals surface area (Å²) in [5, 5.41) is 4.31. The molecule has 0 amide bonds. The molecule has 0 aliphatic rings. The van der Waals surface area contributed by atoms with E-state index in [9.17, 15) is 0 Å². The Bertz CT molecular complexity index is 46.2. The maximum Gasteiger partial charge on any atom is 1.00 e.